The van der Waals surface area contributed by atoms with E-state index in [1.54, 1.807) is 0 Å². The zero-order valence-corrected chi connectivity index (χ0v) is 12.5. The zero-order chi connectivity index (χ0) is 16.3. The number of hydrogen-bond donors (Lipinski definition) is 2. The van der Waals surface area contributed by atoms with Crippen LogP contribution in [-0.4, -0.2) is 85.3 Å². The molecular weight excluding hydrogens is 318 g/mol. The standard InChI is InChI=1S/C11H17N3O7S/c15-9(16)1-2-13-7-8(10(17)12-11(13)18)22(19,20)14-3-5-21-6-4-14/h8H,1-7H2,(H,15,16)(H,12,17,18). The number of rotatable bonds is 5. The van der Waals surface area contributed by atoms with E-state index >= 15 is 0 Å². The van der Waals surface area contributed by atoms with Crippen LogP contribution < -0.4 is 5.32 Å². The molecule has 0 aromatic rings. The molecule has 1 atom stereocenters. The summed E-state index contributed by atoms with van der Waals surface area (Å²) in [4.78, 5) is 35.1. The highest BCUT2D eigenvalue weighted by Crippen LogP contribution is 2.16. The van der Waals surface area contributed by atoms with Crippen molar-refractivity contribution in [2.24, 2.45) is 0 Å². The van der Waals surface area contributed by atoms with Crippen molar-refractivity contribution in [1.82, 2.24) is 14.5 Å². The van der Waals surface area contributed by atoms with E-state index in [0.717, 1.165) is 9.21 Å². The molecule has 2 N–H and O–H groups in total. The molecule has 3 amide bonds. The summed E-state index contributed by atoms with van der Waals surface area (Å²) >= 11 is 0. The van der Waals surface area contributed by atoms with Gasteiger partial charge in [0.15, 0.2) is 5.25 Å². The highest BCUT2D eigenvalue weighted by atomic mass is 32.2. The Morgan fingerprint density at radius 2 is 1.95 bits per heavy atom. The Balaban J connectivity index is 2.12. The summed E-state index contributed by atoms with van der Waals surface area (Å²) in [5, 5.41) is 9.18. The largest absolute Gasteiger partial charge is 0.481 e. The highest BCUT2D eigenvalue weighted by Gasteiger charge is 2.43. The number of morpholine rings is 1. The number of carbonyl (C=O) groups excluding carboxylic acids is 2. The Bertz CT molecular complexity index is 570. The minimum Gasteiger partial charge on any atom is -0.481 e. The summed E-state index contributed by atoms with van der Waals surface area (Å²) in [5.74, 6) is -2.00. The lowest BCUT2D eigenvalue weighted by Crippen LogP contribution is -2.62. The molecule has 0 saturated carbocycles. The number of amides is 3. The maximum Gasteiger partial charge on any atom is 0.324 e. The Labute approximate surface area is 127 Å². The van der Waals surface area contributed by atoms with Crippen LogP contribution in [0.3, 0.4) is 0 Å². The fourth-order valence-corrected chi connectivity index (χ4v) is 3.98. The molecule has 0 aliphatic carbocycles. The lowest BCUT2D eigenvalue weighted by molar-refractivity contribution is -0.137. The molecule has 2 aliphatic rings. The van der Waals surface area contributed by atoms with Gasteiger partial charge in [-0.3, -0.25) is 14.9 Å². The molecule has 2 fully saturated rings. The smallest absolute Gasteiger partial charge is 0.324 e. The van der Waals surface area contributed by atoms with Gasteiger partial charge in [0.25, 0.3) is 0 Å². The summed E-state index contributed by atoms with van der Waals surface area (Å²) in [7, 11) is -3.93. The van der Waals surface area contributed by atoms with E-state index in [0.29, 0.717) is 0 Å². The summed E-state index contributed by atoms with van der Waals surface area (Å²) in [6.07, 6.45) is -0.327. The van der Waals surface area contributed by atoms with Crippen molar-refractivity contribution < 1.29 is 32.6 Å². The molecule has 22 heavy (non-hydrogen) atoms. The molecule has 1 unspecified atom stereocenters. The maximum atomic E-state index is 12.5. The second kappa shape index (κ2) is 6.58. The first kappa shape index (κ1) is 16.6. The van der Waals surface area contributed by atoms with Crippen LogP contribution >= 0.6 is 0 Å². The molecule has 2 heterocycles. The van der Waals surface area contributed by atoms with Gasteiger partial charge >= 0.3 is 12.0 Å². The van der Waals surface area contributed by atoms with Crippen molar-refractivity contribution in [1.29, 1.82) is 0 Å². The number of hydrogen-bond acceptors (Lipinski definition) is 6. The second-order valence-electron chi connectivity index (χ2n) is 4.93. The van der Waals surface area contributed by atoms with Crippen LogP contribution in [0.4, 0.5) is 4.79 Å². The molecule has 2 aliphatic heterocycles. The van der Waals surface area contributed by atoms with Gasteiger partial charge in [-0.25, -0.2) is 13.2 Å². The zero-order valence-electron chi connectivity index (χ0n) is 11.7. The van der Waals surface area contributed by atoms with E-state index in [4.69, 9.17) is 9.84 Å². The number of carboxylic acid groups (broad SMARTS) is 1. The molecule has 0 radical (unpaired) electrons. The average molecular weight is 335 g/mol. The average Bonchev–Trinajstić information content (AvgIpc) is 2.46. The minimum atomic E-state index is -3.93. The van der Waals surface area contributed by atoms with Crippen molar-refractivity contribution in [3.8, 4) is 0 Å². The number of nitrogens with one attached hydrogen (secondary N) is 1. The monoisotopic (exact) mass is 335 g/mol. The number of ether oxygens (including phenoxy) is 1. The van der Waals surface area contributed by atoms with Crippen LogP contribution in [0.25, 0.3) is 0 Å². The topological polar surface area (TPSA) is 133 Å². The number of sulfonamides is 1. The van der Waals surface area contributed by atoms with Crippen LogP contribution in [-0.2, 0) is 24.3 Å². The summed E-state index contributed by atoms with van der Waals surface area (Å²) in [5.41, 5.74) is 0. The predicted octanol–water partition coefficient (Wildman–Crippen LogP) is -1.96. The first-order valence-electron chi connectivity index (χ1n) is 6.70. The van der Waals surface area contributed by atoms with Crippen molar-refractivity contribution in [3.05, 3.63) is 0 Å². The molecule has 0 spiro atoms. The van der Waals surface area contributed by atoms with Gasteiger partial charge in [-0.15, -0.1) is 0 Å². The Hall–Kier alpha value is -1.72. The van der Waals surface area contributed by atoms with E-state index in [9.17, 15) is 22.8 Å². The Morgan fingerprint density at radius 3 is 2.55 bits per heavy atom. The van der Waals surface area contributed by atoms with Crippen molar-refractivity contribution >= 4 is 27.9 Å². The second-order valence-corrected chi connectivity index (χ2v) is 7.04. The first-order chi connectivity index (χ1) is 10.3. The quantitative estimate of drug-likeness (QED) is 0.596. The number of aliphatic carboxylic acids is 1. The highest BCUT2D eigenvalue weighted by molar-refractivity contribution is 7.90. The van der Waals surface area contributed by atoms with Crippen LogP contribution in [0, 0.1) is 0 Å². The van der Waals surface area contributed by atoms with Crippen molar-refractivity contribution in [2.75, 3.05) is 39.4 Å². The molecule has 0 bridgehead atoms. The number of imide groups is 1. The van der Waals surface area contributed by atoms with E-state index in [-0.39, 0.29) is 45.8 Å². The predicted molar refractivity (Wildman–Crippen MR) is 72.5 cm³/mol. The van der Waals surface area contributed by atoms with E-state index in [1.165, 1.54) is 0 Å². The lowest BCUT2D eigenvalue weighted by atomic mass is 10.3. The van der Waals surface area contributed by atoms with Gasteiger partial charge in [-0.2, -0.15) is 4.31 Å². The molecule has 0 aromatic carbocycles. The van der Waals surface area contributed by atoms with Gasteiger partial charge in [-0.05, 0) is 0 Å². The van der Waals surface area contributed by atoms with Crippen LogP contribution in [0.2, 0.25) is 0 Å². The fraction of sp³-hybridized carbons (Fsp3) is 0.727. The SMILES string of the molecule is O=C(O)CCN1CC(S(=O)(=O)N2CCOCC2)C(=O)NC1=O. The summed E-state index contributed by atoms with van der Waals surface area (Å²) in [6, 6.07) is -0.778. The van der Waals surface area contributed by atoms with Gasteiger partial charge < -0.3 is 14.7 Å². The van der Waals surface area contributed by atoms with Crippen molar-refractivity contribution in [3.63, 3.8) is 0 Å². The summed E-state index contributed by atoms with van der Waals surface area (Å²) < 4.78 is 31.2. The van der Waals surface area contributed by atoms with E-state index in [2.05, 4.69) is 0 Å². The third-order valence-electron chi connectivity index (χ3n) is 3.48. The molecule has 2 rings (SSSR count). The van der Waals surface area contributed by atoms with Gasteiger partial charge in [0.05, 0.1) is 19.6 Å². The number of urea groups is 1. The summed E-state index contributed by atoms with van der Waals surface area (Å²) in [6.45, 7) is 0.274. The normalized spacial score (nSPS) is 24.2. The van der Waals surface area contributed by atoms with Crippen LogP contribution in [0.15, 0.2) is 0 Å². The Kier molecular flexibility index (Phi) is 4.98. The maximum absolute atomic E-state index is 12.5. The lowest BCUT2D eigenvalue weighted by Gasteiger charge is -2.35. The molecule has 10 nitrogen and oxygen atoms in total. The van der Waals surface area contributed by atoms with Gasteiger partial charge in [0, 0.05) is 26.2 Å². The fourth-order valence-electron chi connectivity index (χ4n) is 2.26. The van der Waals surface area contributed by atoms with E-state index in [1.807, 2.05) is 5.32 Å². The van der Waals surface area contributed by atoms with Gasteiger partial charge in [-0.1, -0.05) is 0 Å². The minimum absolute atomic E-state index is 0.148. The van der Waals surface area contributed by atoms with E-state index < -0.39 is 33.2 Å². The number of carbonyl (C=O) groups is 3. The number of nitrogens with zero attached hydrogens (tertiary/aromatic N) is 2. The first-order valence-corrected chi connectivity index (χ1v) is 8.21. The molecule has 124 valence electrons. The van der Waals surface area contributed by atoms with Gasteiger partial charge in [0.2, 0.25) is 15.9 Å². The van der Waals surface area contributed by atoms with Crippen LogP contribution in [0.5, 0.6) is 0 Å². The van der Waals surface area contributed by atoms with Gasteiger partial charge in [0.1, 0.15) is 0 Å². The number of carboxylic acids is 1. The third-order valence-corrected chi connectivity index (χ3v) is 5.65. The van der Waals surface area contributed by atoms with Crippen molar-refractivity contribution in [2.45, 2.75) is 11.7 Å². The molecule has 2 saturated heterocycles. The van der Waals surface area contributed by atoms with Crippen LogP contribution in [0.1, 0.15) is 6.42 Å². The third kappa shape index (κ3) is 3.54. The molecule has 11 heteroatoms. The molecular formula is C11H17N3O7S. The Morgan fingerprint density at radius 1 is 1.32 bits per heavy atom. The molecule has 0 aromatic heterocycles.